The lowest BCUT2D eigenvalue weighted by atomic mass is 9.92. The van der Waals surface area contributed by atoms with Gasteiger partial charge in [-0.25, -0.2) is 4.79 Å². The maximum absolute atomic E-state index is 12.1. The molecule has 0 aromatic carbocycles. The lowest BCUT2D eigenvalue weighted by molar-refractivity contribution is -0.144. The van der Waals surface area contributed by atoms with Crippen molar-refractivity contribution in [3.63, 3.8) is 0 Å². The van der Waals surface area contributed by atoms with Crippen LogP contribution in [0.2, 0.25) is 0 Å². The van der Waals surface area contributed by atoms with Gasteiger partial charge < -0.3 is 4.74 Å². The van der Waals surface area contributed by atoms with Gasteiger partial charge in [0.2, 0.25) is 11.8 Å². The number of amides is 4. The van der Waals surface area contributed by atoms with E-state index in [-0.39, 0.29) is 19.1 Å². The molecule has 0 aromatic heterocycles. The highest BCUT2D eigenvalue weighted by Crippen LogP contribution is 2.18. The zero-order chi connectivity index (χ0) is 14.6. The molecule has 6 heteroatoms. The third kappa shape index (κ3) is 3.89. The van der Waals surface area contributed by atoms with E-state index in [2.05, 4.69) is 11.9 Å². The molecule has 6 nitrogen and oxygen atoms in total. The van der Waals surface area contributed by atoms with Gasteiger partial charge in [-0.2, -0.15) is 0 Å². The van der Waals surface area contributed by atoms with E-state index < -0.39 is 23.8 Å². The molecule has 0 saturated carbocycles. The predicted octanol–water partition coefficient (Wildman–Crippen LogP) is 0.930. The molecule has 1 N–H and O–H groups in total. The molecule has 1 atom stereocenters. The first kappa shape index (κ1) is 15.4. The number of nitrogens with zero attached hydrogens (tertiary/aromatic N) is 1. The fourth-order valence-corrected chi connectivity index (χ4v) is 1.83. The van der Waals surface area contributed by atoms with Crippen LogP contribution in [0, 0.1) is 11.8 Å². The van der Waals surface area contributed by atoms with Gasteiger partial charge in [-0.3, -0.25) is 19.8 Å². The van der Waals surface area contributed by atoms with Crippen molar-refractivity contribution in [1.82, 2.24) is 10.2 Å². The van der Waals surface area contributed by atoms with Gasteiger partial charge >= 0.3 is 6.03 Å². The normalized spacial score (nSPS) is 19.9. The highest BCUT2D eigenvalue weighted by molar-refractivity contribution is 6.16. The summed E-state index contributed by atoms with van der Waals surface area (Å²) in [6.07, 6.45) is 0. The number of nitrogens with one attached hydrogen (secondary N) is 1. The molecule has 0 bridgehead atoms. The first-order valence-corrected chi connectivity index (χ1v) is 6.23. The van der Waals surface area contributed by atoms with Crippen LogP contribution in [0.1, 0.15) is 20.8 Å². The molecule has 1 aliphatic rings. The zero-order valence-corrected chi connectivity index (χ0v) is 11.6. The van der Waals surface area contributed by atoms with Gasteiger partial charge in [-0.15, -0.1) is 0 Å². The number of ether oxygens (including phenoxy) is 1. The lowest BCUT2D eigenvalue weighted by Crippen LogP contribution is -2.59. The van der Waals surface area contributed by atoms with Crippen LogP contribution in [0.25, 0.3) is 0 Å². The molecule has 106 valence electrons. The van der Waals surface area contributed by atoms with E-state index in [4.69, 9.17) is 4.74 Å². The maximum Gasteiger partial charge on any atom is 0.330 e. The summed E-state index contributed by atoms with van der Waals surface area (Å²) in [5.41, 5.74) is 0.865. The van der Waals surface area contributed by atoms with Crippen LogP contribution < -0.4 is 5.32 Å². The van der Waals surface area contributed by atoms with Gasteiger partial charge in [0.25, 0.3) is 0 Å². The van der Waals surface area contributed by atoms with Crippen LogP contribution in [0.15, 0.2) is 12.2 Å². The Hall–Kier alpha value is -1.69. The molecule has 1 saturated heterocycles. The quantitative estimate of drug-likeness (QED) is 0.442. The molecule has 19 heavy (non-hydrogen) atoms. The topological polar surface area (TPSA) is 75.7 Å². The van der Waals surface area contributed by atoms with Gasteiger partial charge in [0.15, 0.2) is 0 Å². The summed E-state index contributed by atoms with van der Waals surface area (Å²) < 4.78 is 5.26. The molecule has 1 aliphatic heterocycles. The molecule has 4 amide bonds. The summed E-state index contributed by atoms with van der Waals surface area (Å²) in [5, 5.41) is 2.20. The van der Waals surface area contributed by atoms with Crippen molar-refractivity contribution in [1.29, 1.82) is 0 Å². The average Bonchev–Trinajstić information content (AvgIpc) is 2.26. The minimum Gasteiger partial charge on any atom is -0.375 e. The molecule has 1 unspecified atom stereocenters. The number of barbiturate groups is 1. The number of urea groups is 1. The third-order valence-electron chi connectivity index (χ3n) is 2.76. The Morgan fingerprint density at radius 3 is 2.58 bits per heavy atom. The highest BCUT2D eigenvalue weighted by atomic mass is 16.5. The van der Waals surface area contributed by atoms with Crippen molar-refractivity contribution in [3.05, 3.63) is 12.2 Å². The summed E-state index contributed by atoms with van der Waals surface area (Å²) in [7, 11) is 0. The van der Waals surface area contributed by atoms with Crippen LogP contribution >= 0.6 is 0 Å². The predicted molar refractivity (Wildman–Crippen MR) is 69.2 cm³/mol. The van der Waals surface area contributed by atoms with Crippen molar-refractivity contribution in [2.24, 2.45) is 11.8 Å². The van der Waals surface area contributed by atoms with Crippen molar-refractivity contribution in [2.75, 3.05) is 19.8 Å². The van der Waals surface area contributed by atoms with E-state index in [9.17, 15) is 14.4 Å². The Balaban J connectivity index is 2.61. The number of carbonyl (C=O) groups excluding carboxylic acids is 3. The Bertz CT molecular complexity index is 403. The summed E-state index contributed by atoms with van der Waals surface area (Å²) in [4.78, 5) is 36.3. The Kier molecular flexibility index (Phi) is 5.23. The van der Waals surface area contributed by atoms with E-state index in [1.165, 1.54) is 0 Å². The molecule has 0 spiro atoms. The number of imide groups is 2. The number of hydrogen-bond donors (Lipinski definition) is 1. The molecule has 1 fully saturated rings. The summed E-state index contributed by atoms with van der Waals surface area (Å²) in [6.45, 7) is 9.80. The number of hydrogen-bond acceptors (Lipinski definition) is 4. The number of rotatable bonds is 6. The second-order valence-corrected chi connectivity index (χ2v) is 5.02. The molecular weight excluding hydrogens is 248 g/mol. The van der Waals surface area contributed by atoms with E-state index >= 15 is 0 Å². The monoisotopic (exact) mass is 268 g/mol. The second-order valence-electron chi connectivity index (χ2n) is 5.02. The van der Waals surface area contributed by atoms with Crippen LogP contribution in [-0.2, 0) is 14.3 Å². The van der Waals surface area contributed by atoms with Crippen LogP contribution in [0.5, 0.6) is 0 Å². The standard InChI is InChI=1S/C13H20N2O4/c1-8(2)7-19-6-5-15-12(17)10(9(3)4)11(16)14-13(15)18/h9-10H,1,5-7H2,2-4H3,(H,14,16,18). The highest BCUT2D eigenvalue weighted by Gasteiger charge is 2.41. The molecule has 1 heterocycles. The number of carbonyl (C=O) groups is 3. The van der Waals surface area contributed by atoms with Crippen LogP contribution in [0.3, 0.4) is 0 Å². The SMILES string of the molecule is C=C(C)COCCN1C(=O)NC(=O)C(C(C)C)C1=O. The first-order valence-electron chi connectivity index (χ1n) is 6.23. The lowest BCUT2D eigenvalue weighted by Gasteiger charge is -2.31. The summed E-state index contributed by atoms with van der Waals surface area (Å²) in [5.74, 6) is -1.94. The molecular formula is C13H20N2O4. The Morgan fingerprint density at radius 2 is 2.05 bits per heavy atom. The average molecular weight is 268 g/mol. The van der Waals surface area contributed by atoms with E-state index in [0.717, 1.165) is 10.5 Å². The van der Waals surface area contributed by atoms with E-state index in [0.29, 0.717) is 6.61 Å². The van der Waals surface area contributed by atoms with E-state index in [1.807, 2.05) is 6.92 Å². The largest absolute Gasteiger partial charge is 0.375 e. The van der Waals surface area contributed by atoms with Gasteiger partial charge in [0.05, 0.1) is 19.8 Å². The summed E-state index contributed by atoms with van der Waals surface area (Å²) >= 11 is 0. The Labute approximate surface area is 112 Å². The molecule has 0 aromatic rings. The van der Waals surface area contributed by atoms with Crippen molar-refractivity contribution in [2.45, 2.75) is 20.8 Å². The Morgan fingerprint density at radius 1 is 1.42 bits per heavy atom. The molecule has 0 aliphatic carbocycles. The minimum absolute atomic E-state index is 0.133. The van der Waals surface area contributed by atoms with Gasteiger partial charge in [-0.05, 0) is 12.8 Å². The first-order chi connectivity index (χ1) is 8.84. The van der Waals surface area contributed by atoms with Crippen molar-refractivity contribution >= 4 is 17.8 Å². The second kappa shape index (κ2) is 6.47. The van der Waals surface area contributed by atoms with Crippen LogP contribution in [0.4, 0.5) is 4.79 Å². The smallest absolute Gasteiger partial charge is 0.330 e. The molecule has 0 radical (unpaired) electrons. The fraction of sp³-hybridized carbons (Fsp3) is 0.615. The van der Waals surface area contributed by atoms with Crippen molar-refractivity contribution in [3.8, 4) is 0 Å². The zero-order valence-electron chi connectivity index (χ0n) is 11.6. The third-order valence-corrected chi connectivity index (χ3v) is 2.76. The van der Waals surface area contributed by atoms with Crippen molar-refractivity contribution < 1.29 is 19.1 Å². The van der Waals surface area contributed by atoms with E-state index in [1.54, 1.807) is 13.8 Å². The van der Waals surface area contributed by atoms with Gasteiger partial charge in [0.1, 0.15) is 5.92 Å². The van der Waals surface area contributed by atoms with Gasteiger partial charge in [-0.1, -0.05) is 26.0 Å². The van der Waals surface area contributed by atoms with Gasteiger partial charge in [0, 0.05) is 0 Å². The fourth-order valence-electron chi connectivity index (χ4n) is 1.83. The molecule has 1 rings (SSSR count). The summed E-state index contributed by atoms with van der Waals surface area (Å²) in [6, 6.07) is -0.675. The minimum atomic E-state index is -0.807. The van der Waals surface area contributed by atoms with Crippen LogP contribution in [-0.4, -0.2) is 42.5 Å². The maximum atomic E-state index is 12.1.